The van der Waals surface area contributed by atoms with Crippen LogP contribution >= 0.6 is 0 Å². The highest BCUT2D eigenvalue weighted by Crippen LogP contribution is 2.28. The van der Waals surface area contributed by atoms with E-state index in [2.05, 4.69) is 24.0 Å². The molecule has 1 aliphatic heterocycles. The number of hydrogen-bond acceptors (Lipinski definition) is 3. The smallest absolute Gasteiger partial charge is 0.118 e. The minimum Gasteiger partial charge on any atom is -0.497 e. The number of hydrogen-bond donors (Lipinski definition) is 1. The van der Waals surface area contributed by atoms with Crippen molar-refractivity contribution in [1.82, 2.24) is 4.90 Å². The predicted molar refractivity (Wildman–Crippen MR) is 74.8 cm³/mol. The monoisotopic (exact) mass is 248 g/mol. The molecule has 100 valence electrons. The van der Waals surface area contributed by atoms with E-state index in [4.69, 9.17) is 10.5 Å². The van der Waals surface area contributed by atoms with Gasteiger partial charge in [0.1, 0.15) is 5.75 Å². The Morgan fingerprint density at radius 2 is 2.06 bits per heavy atom. The van der Waals surface area contributed by atoms with Gasteiger partial charge in [-0.15, -0.1) is 0 Å². The molecule has 1 saturated heterocycles. The van der Waals surface area contributed by atoms with E-state index in [0.717, 1.165) is 12.3 Å². The molecule has 18 heavy (non-hydrogen) atoms. The van der Waals surface area contributed by atoms with Crippen LogP contribution in [0, 0.1) is 0 Å². The Labute approximate surface area is 110 Å². The highest BCUT2D eigenvalue weighted by molar-refractivity contribution is 5.29. The maximum Gasteiger partial charge on any atom is 0.118 e. The largest absolute Gasteiger partial charge is 0.497 e. The van der Waals surface area contributed by atoms with E-state index < -0.39 is 0 Å². The normalized spacial score (nSPS) is 22.7. The van der Waals surface area contributed by atoms with Gasteiger partial charge in [-0.1, -0.05) is 18.6 Å². The number of nitrogens with two attached hydrogens (primary N) is 1. The van der Waals surface area contributed by atoms with Gasteiger partial charge >= 0.3 is 0 Å². The van der Waals surface area contributed by atoms with E-state index in [0.29, 0.717) is 18.6 Å². The van der Waals surface area contributed by atoms with Gasteiger partial charge in [-0.05, 0) is 44.0 Å². The second-order valence-corrected chi connectivity index (χ2v) is 5.11. The van der Waals surface area contributed by atoms with Gasteiger partial charge in [-0.25, -0.2) is 0 Å². The van der Waals surface area contributed by atoms with Gasteiger partial charge < -0.3 is 10.5 Å². The lowest BCUT2D eigenvalue weighted by molar-refractivity contribution is 0.109. The number of nitrogens with zero attached hydrogens (tertiary/aromatic N) is 1. The van der Waals surface area contributed by atoms with Crippen LogP contribution in [0.4, 0.5) is 0 Å². The van der Waals surface area contributed by atoms with Crippen LogP contribution in [0.25, 0.3) is 0 Å². The SMILES string of the molecule is COc1ccc(C(CN)N2CCCCC2C)cc1. The molecular formula is C15H24N2O. The zero-order valence-corrected chi connectivity index (χ0v) is 11.4. The van der Waals surface area contributed by atoms with Gasteiger partial charge in [-0.3, -0.25) is 4.90 Å². The standard InChI is InChI=1S/C15H24N2O/c1-12-5-3-4-10-17(12)15(11-16)13-6-8-14(18-2)9-7-13/h6-9,12,15H,3-5,10-11,16H2,1-2H3. The van der Waals surface area contributed by atoms with Crippen molar-refractivity contribution in [2.75, 3.05) is 20.2 Å². The number of methoxy groups -OCH3 is 1. The Morgan fingerprint density at radius 3 is 2.61 bits per heavy atom. The Kier molecular flexibility index (Phi) is 4.61. The van der Waals surface area contributed by atoms with Gasteiger partial charge in [0, 0.05) is 18.6 Å². The van der Waals surface area contributed by atoms with Crippen LogP contribution in [0.2, 0.25) is 0 Å². The molecule has 2 unspecified atom stereocenters. The molecule has 0 aliphatic carbocycles. The zero-order chi connectivity index (χ0) is 13.0. The molecule has 3 heteroatoms. The van der Waals surface area contributed by atoms with Gasteiger partial charge in [0.15, 0.2) is 0 Å². The fourth-order valence-electron chi connectivity index (χ4n) is 2.87. The summed E-state index contributed by atoms with van der Waals surface area (Å²) < 4.78 is 5.20. The van der Waals surface area contributed by atoms with Crippen molar-refractivity contribution in [3.63, 3.8) is 0 Å². The third kappa shape index (κ3) is 2.85. The van der Waals surface area contributed by atoms with Crippen molar-refractivity contribution in [3.05, 3.63) is 29.8 Å². The summed E-state index contributed by atoms with van der Waals surface area (Å²) in [4.78, 5) is 2.55. The second kappa shape index (κ2) is 6.21. The van der Waals surface area contributed by atoms with E-state index in [1.807, 2.05) is 12.1 Å². The number of piperidine rings is 1. The fraction of sp³-hybridized carbons (Fsp3) is 0.600. The number of benzene rings is 1. The summed E-state index contributed by atoms with van der Waals surface area (Å²) >= 11 is 0. The van der Waals surface area contributed by atoms with Crippen molar-refractivity contribution in [1.29, 1.82) is 0 Å². The van der Waals surface area contributed by atoms with Crippen molar-refractivity contribution in [2.24, 2.45) is 5.73 Å². The molecule has 0 bridgehead atoms. The second-order valence-electron chi connectivity index (χ2n) is 5.11. The summed E-state index contributed by atoms with van der Waals surface area (Å²) in [5.74, 6) is 0.904. The van der Waals surface area contributed by atoms with Crippen LogP contribution in [-0.4, -0.2) is 31.1 Å². The molecule has 0 amide bonds. The van der Waals surface area contributed by atoms with Gasteiger partial charge in [-0.2, -0.15) is 0 Å². The minimum absolute atomic E-state index is 0.339. The van der Waals surface area contributed by atoms with Crippen LogP contribution in [-0.2, 0) is 0 Å². The summed E-state index contributed by atoms with van der Waals surface area (Å²) in [6, 6.07) is 9.29. The highest BCUT2D eigenvalue weighted by Gasteiger charge is 2.26. The number of likely N-dealkylation sites (tertiary alicyclic amines) is 1. The van der Waals surface area contributed by atoms with Crippen LogP contribution in [0.15, 0.2) is 24.3 Å². The molecule has 3 nitrogen and oxygen atoms in total. The molecule has 0 aromatic heterocycles. The average molecular weight is 248 g/mol. The summed E-state index contributed by atoms with van der Waals surface area (Å²) in [7, 11) is 1.70. The molecule has 1 aromatic carbocycles. The Balaban J connectivity index is 2.15. The summed E-state index contributed by atoms with van der Waals surface area (Å²) in [6.07, 6.45) is 3.92. The lowest BCUT2D eigenvalue weighted by atomic mass is 9.97. The molecule has 0 saturated carbocycles. The lowest BCUT2D eigenvalue weighted by Gasteiger charge is -2.39. The lowest BCUT2D eigenvalue weighted by Crippen LogP contribution is -2.43. The van der Waals surface area contributed by atoms with Crippen LogP contribution in [0.1, 0.15) is 37.8 Å². The quantitative estimate of drug-likeness (QED) is 0.890. The Hall–Kier alpha value is -1.06. The van der Waals surface area contributed by atoms with E-state index in [1.54, 1.807) is 7.11 Å². The van der Waals surface area contributed by atoms with Gasteiger partial charge in [0.2, 0.25) is 0 Å². The van der Waals surface area contributed by atoms with Crippen LogP contribution in [0.5, 0.6) is 5.75 Å². The van der Waals surface area contributed by atoms with E-state index in [-0.39, 0.29) is 0 Å². The molecule has 1 heterocycles. The van der Waals surface area contributed by atoms with E-state index in [1.165, 1.54) is 24.8 Å². The molecule has 2 N–H and O–H groups in total. The van der Waals surface area contributed by atoms with Crippen LogP contribution < -0.4 is 10.5 Å². The Morgan fingerprint density at radius 1 is 1.33 bits per heavy atom. The number of ether oxygens (including phenoxy) is 1. The zero-order valence-electron chi connectivity index (χ0n) is 11.4. The highest BCUT2D eigenvalue weighted by atomic mass is 16.5. The van der Waals surface area contributed by atoms with Crippen molar-refractivity contribution in [3.8, 4) is 5.75 Å². The first kappa shape index (κ1) is 13.4. The molecule has 1 aromatic rings. The number of rotatable bonds is 4. The topological polar surface area (TPSA) is 38.5 Å². The maximum absolute atomic E-state index is 6.00. The average Bonchev–Trinajstić information content (AvgIpc) is 2.42. The first-order valence-electron chi connectivity index (χ1n) is 6.86. The van der Waals surface area contributed by atoms with Crippen LogP contribution in [0.3, 0.4) is 0 Å². The van der Waals surface area contributed by atoms with Crippen molar-refractivity contribution in [2.45, 2.75) is 38.3 Å². The van der Waals surface area contributed by atoms with Gasteiger partial charge in [0.05, 0.1) is 7.11 Å². The molecule has 0 radical (unpaired) electrons. The molecule has 0 spiro atoms. The van der Waals surface area contributed by atoms with Crippen molar-refractivity contribution < 1.29 is 4.74 Å². The predicted octanol–water partition coefficient (Wildman–Crippen LogP) is 2.57. The third-order valence-electron chi connectivity index (χ3n) is 3.98. The minimum atomic E-state index is 0.339. The van der Waals surface area contributed by atoms with Gasteiger partial charge in [0.25, 0.3) is 0 Å². The third-order valence-corrected chi connectivity index (χ3v) is 3.98. The maximum atomic E-state index is 6.00. The Bertz CT molecular complexity index is 363. The molecule has 1 aliphatic rings. The summed E-state index contributed by atoms with van der Waals surface area (Å²) in [5, 5.41) is 0. The summed E-state index contributed by atoms with van der Waals surface area (Å²) in [5.41, 5.74) is 7.29. The molecule has 2 rings (SSSR count). The van der Waals surface area contributed by atoms with Crippen molar-refractivity contribution >= 4 is 0 Å². The molecule has 2 atom stereocenters. The first-order valence-corrected chi connectivity index (χ1v) is 6.86. The summed E-state index contributed by atoms with van der Waals surface area (Å²) in [6.45, 7) is 4.15. The molecule has 1 fully saturated rings. The van der Waals surface area contributed by atoms with E-state index in [9.17, 15) is 0 Å². The van der Waals surface area contributed by atoms with E-state index >= 15 is 0 Å². The first-order chi connectivity index (χ1) is 8.76. The fourth-order valence-corrected chi connectivity index (χ4v) is 2.87. The molecular weight excluding hydrogens is 224 g/mol.